The van der Waals surface area contributed by atoms with Crippen LogP contribution in [0, 0.1) is 5.41 Å². The number of phosphoric acid groups is 1. The van der Waals surface area contributed by atoms with E-state index in [1.807, 2.05) is 6.92 Å². The maximum Gasteiger partial charge on any atom is 0.474 e. The first-order valence-corrected chi connectivity index (χ1v) is 33.2. The van der Waals surface area contributed by atoms with Gasteiger partial charge in [0, 0.05) is 26.7 Å². The second-order valence-corrected chi connectivity index (χ2v) is 27.4. The summed E-state index contributed by atoms with van der Waals surface area (Å²) in [6, 6.07) is -3.53. The van der Waals surface area contributed by atoms with Crippen LogP contribution in [-0.4, -0.2) is 229 Å². The van der Waals surface area contributed by atoms with Crippen LogP contribution in [0.5, 0.6) is 0 Å². The van der Waals surface area contributed by atoms with Gasteiger partial charge in [0.15, 0.2) is 61.5 Å². The summed E-state index contributed by atoms with van der Waals surface area (Å²) in [4.78, 5) is 100. The number of aliphatic carboxylic acids is 1. The fourth-order valence-electron chi connectivity index (χ4n) is 11.2. The third-order valence-electron chi connectivity index (χ3n) is 16.8. The molecule has 22 atom stereocenters. The monoisotopic (exact) mass is 1400 g/mol. The Balaban J connectivity index is 1.28. The minimum atomic E-state index is -5.69. The molecular formula is C63H98N5O28P. The van der Waals surface area contributed by atoms with Gasteiger partial charge in [0.25, 0.3) is 5.91 Å². The maximum absolute atomic E-state index is 13.9. The third kappa shape index (κ3) is 23.3. The average molecular weight is 1400 g/mol. The summed E-state index contributed by atoms with van der Waals surface area (Å²) in [7, 11) is -5.69. The number of hydrogen-bond donors (Lipinski definition) is 14. The third-order valence-corrected chi connectivity index (χ3v) is 17.7. The Bertz CT molecular complexity index is 3000. The molecule has 4 aliphatic heterocycles. The second-order valence-electron chi connectivity index (χ2n) is 26.0. The molecule has 548 valence electrons. The van der Waals surface area contributed by atoms with Crippen LogP contribution in [0.1, 0.15) is 134 Å². The highest BCUT2D eigenvalue weighted by Crippen LogP contribution is 2.49. The predicted octanol–water partition coefficient (Wildman–Crippen LogP) is 1.18. The summed E-state index contributed by atoms with van der Waals surface area (Å²) in [5.41, 5.74) is 12.2. The number of nitrogens with two attached hydrogens (primary N) is 2. The van der Waals surface area contributed by atoms with E-state index in [-0.39, 0.29) is 24.9 Å². The molecule has 0 radical (unpaired) electrons. The van der Waals surface area contributed by atoms with Crippen LogP contribution in [0.4, 0.5) is 4.79 Å². The SMILES string of the molecule is C=C(C/C=C(\C)CCC=C(C)C)CCC(C)(C)/C=C/CC/C(C)=C/CO[C@H](COP(=O)(O)O[C@H]1O[C@H](C(N)=O)[C@@](C)(O)[C@H](OC(N)=O)[C@H]1O[C@@H]1O[C@H](C)[C@@H](O[C@@H]2O[C@H](C)C(O[C@@H]3O[C@H](C(=O)NC4=C(O)CCC4=O)[C@H](O)[C@H](O)[C@H]3O)[C@H](O)[C@H]2NC(C)=O)[C@H](O)[C@H]1NC(C)=O)C(=O)O. The average Bonchev–Trinajstić information content (AvgIpc) is 1.38. The molecule has 33 nitrogen and oxygen atoms in total. The Hall–Kier alpha value is -5.92. The number of carboxylic acid groups (broad SMARTS) is 1. The van der Waals surface area contributed by atoms with Crippen LogP contribution < -0.4 is 27.4 Å². The highest BCUT2D eigenvalue weighted by molar-refractivity contribution is 7.47. The van der Waals surface area contributed by atoms with E-state index in [1.54, 1.807) is 6.08 Å². The van der Waals surface area contributed by atoms with Gasteiger partial charge in [0.1, 0.15) is 71.9 Å². The van der Waals surface area contributed by atoms with Crippen LogP contribution in [0.25, 0.3) is 0 Å². The molecule has 2 unspecified atom stereocenters. The van der Waals surface area contributed by atoms with Crippen molar-refractivity contribution in [1.29, 1.82) is 0 Å². The topological polar surface area (TPSA) is 508 Å². The molecule has 4 fully saturated rings. The quantitative estimate of drug-likeness (QED) is 0.0324. The number of primary amides is 2. The molecule has 4 heterocycles. The summed E-state index contributed by atoms with van der Waals surface area (Å²) in [6.07, 6.45) is -21.5. The van der Waals surface area contributed by atoms with Crippen molar-refractivity contribution in [3.63, 3.8) is 0 Å². The number of carbonyl (C=O) groups excluding carboxylic acids is 6. The molecule has 0 spiro atoms. The smallest absolute Gasteiger partial charge is 0.474 e. The number of ketones is 1. The summed E-state index contributed by atoms with van der Waals surface area (Å²) in [6.45, 7) is 20.7. The van der Waals surface area contributed by atoms with Crippen molar-refractivity contribution in [3.05, 3.63) is 70.7 Å². The molecule has 0 aromatic carbocycles. The number of Topliss-reactive ketones (excluding diaryl/α,β-unsaturated/α-hetero) is 1. The van der Waals surface area contributed by atoms with Crippen LogP contribution in [-0.2, 0) is 85.0 Å². The first kappa shape index (κ1) is 81.8. The van der Waals surface area contributed by atoms with Gasteiger partial charge in [-0.3, -0.25) is 33.0 Å². The molecule has 97 heavy (non-hydrogen) atoms. The van der Waals surface area contributed by atoms with E-state index in [0.29, 0.717) is 12.8 Å². The number of carbonyl (C=O) groups is 7. The number of rotatable bonds is 33. The lowest BCUT2D eigenvalue weighted by molar-refractivity contribution is -0.367. The molecule has 0 saturated carbocycles. The fraction of sp³-hybridized carbons (Fsp3) is 0.698. The largest absolute Gasteiger partial charge is 0.510 e. The van der Waals surface area contributed by atoms with Gasteiger partial charge in [0.05, 0.1) is 25.4 Å². The van der Waals surface area contributed by atoms with Gasteiger partial charge in [-0.05, 0) is 98.8 Å². The summed E-state index contributed by atoms with van der Waals surface area (Å²) < 4.78 is 76.5. The number of ether oxygens (including phenoxy) is 9. The van der Waals surface area contributed by atoms with E-state index < -0.39 is 196 Å². The van der Waals surface area contributed by atoms with E-state index in [9.17, 15) is 83.9 Å². The number of nitrogens with one attached hydrogen (secondary N) is 3. The minimum absolute atomic E-state index is 0.0838. The Labute approximate surface area is 562 Å². The van der Waals surface area contributed by atoms with E-state index in [1.165, 1.54) is 25.0 Å². The molecule has 5 rings (SSSR count). The zero-order chi connectivity index (χ0) is 72.8. The number of aliphatic hydroxyl groups is 7. The molecule has 16 N–H and O–H groups in total. The number of amides is 5. The Kier molecular flexibility index (Phi) is 30.3. The zero-order valence-electron chi connectivity index (χ0n) is 56.3. The van der Waals surface area contributed by atoms with E-state index in [2.05, 4.69) is 81.5 Å². The van der Waals surface area contributed by atoms with Gasteiger partial charge < -0.3 is 116 Å². The van der Waals surface area contributed by atoms with Gasteiger partial charge in [-0.15, -0.1) is 0 Å². The van der Waals surface area contributed by atoms with Crippen molar-refractivity contribution >= 4 is 49.3 Å². The zero-order valence-corrected chi connectivity index (χ0v) is 57.2. The lowest BCUT2D eigenvalue weighted by atomic mass is 9.85. The number of phosphoric ester groups is 1. The summed E-state index contributed by atoms with van der Waals surface area (Å²) in [5.74, 6) is -7.11. The Morgan fingerprint density at radius 2 is 1.31 bits per heavy atom. The van der Waals surface area contributed by atoms with Gasteiger partial charge in [0.2, 0.25) is 17.7 Å². The van der Waals surface area contributed by atoms with Crippen molar-refractivity contribution in [2.75, 3.05) is 13.2 Å². The van der Waals surface area contributed by atoms with E-state index in [4.69, 9.17) is 63.1 Å². The fourth-order valence-corrected chi connectivity index (χ4v) is 12.1. The first-order chi connectivity index (χ1) is 45.1. The normalized spacial score (nSPS) is 33.8. The number of aliphatic hydroxyl groups excluding tert-OH is 6. The standard InChI is InChI=1S/C63H98N5O28P/c1-29(2)16-15-18-30(3)19-20-32(5)23-26-62(10,11)25-14-13-17-31(4)24-27-86-39(56(80)81)28-87-97(84,85)96-60-51(52(95-61(65)82)63(12,83)53(94-60)54(64)78)93-58-42(67-36(9)70)43(73)48(33(6)89-58)90-57-41(66-35(8)69)44(74)49(34(7)88-57)91-59-47(77)45(75)46(76)50(92-59)55(79)68-40-37(71)21-22-38(40)72/h14,16,19,24-25,33-34,39,41-53,57-60,71,73-77,83H,5,13,15,17-18,20-23,26-28H2,1-4,6-12H3,(H2,64,78)(H2,65,82)(H,66,69)(H,67,70)(H,68,79)(H,80,81)(H,84,85)/b25-14+,30-19+,31-24+/t33-,34-,39-,41-,42-,43-,44-,45+,46-,47-,48-,49?,50+,51-,52-,53-,57+,58+,59-,60-,63+/m1/s1. The molecular weight excluding hydrogens is 1310 g/mol. The van der Waals surface area contributed by atoms with Crippen molar-refractivity contribution < 1.29 is 136 Å². The minimum Gasteiger partial charge on any atom is -0.510 e. The number of allylic oxidation sites excluding steroid dienone is 10. The van der Waals surface area contributed by atoms with Crippen molar-refractivity contribution in [1.82, 2.24) is 16.0 Å². The molecule has 5 aliphatic rings. The van der Waals surface area contributed by atoms with E-state index >= 15 is 0 Å². The van der Waals surface area contributed by atoms with Crippen molar-refractivity contribution in [2.45, 2.75) is 262 Å². The van der Waals surface area contributed by atoms with Crippen LogP contribution in [0.2, 0.25) is 0 Å². The number of hydrogen-bond acceptors (Lipinski definition) is 26. The van der Waals surface area contributed by atoms with Crippen LogP contribution >= 0.6 is 7.82 Å². The molecule has 0 bridgehead atoms. The van der Waals surface area contributed by atoms with Crippen molar-refractivity contribution in [2.24, 2.45) is 16.9 Å². The van der Waals surface area contributed by atoms with Gasteiger partial charge in [-0.1, -0.05) is 73.1 Å². The Morgan fingerprint density at radius 3 is 1.84 bits per heavy atom. The molecule has 0 aromatic heterocycles. The first-order valence-electron chi connectivity index (χ1n) is 31.7. The van der Waals surface area contributed by atoms with Crippen molar-refractivity contribution in [3.8, 4) is 0 Å². The highest BCUT2D eigenvalue weighted by Gasteiger charge is 2.62. The second kappa shape index (κ2) is 35.9. The van der Waals surface area contributed by atoms with Gasteiger partial charge >= 0.3 is 19.9 Å². The molecule has 4 saturated heterocycles. The van der Waals surface area contributed by atoms with Crippen LogP contribution in [0.15, 0.2) is 70.7 Å². The lowest BCUT2D eigenvalue weighted by Gasteiger charge is -2.51. The van der Waals surface area contributed by atoms with E-state index in [0.717, 1.165) is 64.0 Å². The number of carboxylic acids is 1. The lowest BCUT2D eigenvalue weighted by Crippen LogP contribution is -2.72. The molecule has 34 heteroatoms. The maximum atomic E-state index is 13.9. The van der Waals surface area contributed by atoms with Crippen LogP contribution in [0.3, 0.4) is 0 Å². The molecule has 0 aromatic rings. The van der Waals surface area contributed by atoms with Gasteiger partial charge in [-0.25, -0.2) is 14.2 Å². The Morgan fingerprint density at radius 1 is 0.753 bits per heavy atom. The highest BCUT2D eigenvalue weighted by atomic mass is 31.2. The summed E-state index contributed by atoms with van der Waals surface area (Å²) in [5, 5.41) is 95.4. The predicted molar refractivity (Wildman–Crippen MR) is 338 cm³/mol. The van der Waals surface area contributed by atoms with Gasteiger partial charge in [-0.2, -0.15) is 0 Å². The summed E-state index contributed by atoms with van der Waals surface area (Å²) >= 11 is 0. The molecule has 1 aliphatic carbocycles. The molecule has 5 amide bonds.